The number of nitrogens with zero attached hydrogens (tertiary/aromatic N) is 3. The first kappa shape index (κ1) is 21.2. The molecular formula is C25H23N3O4. The molecule has 2 aromatic carbocycles. The van der Waals surface area contributed by atoms with Crippen LogP contribution in [0.5, 0.6) is 0 Å². The molecule has 2 heterocycles. The van der Waals surface area contributed by atoms with Crippen LogP contribution in [0.4, 0.5) is 0 Å². The van der Waals surface area contributed by atoms with Crippen LogP contribution in [0, 0.1) is 0 Å². The lowest BCUT2D eigenvalue weighted by molar-refractivity contribution is 0.0527. The molecule has 162 valence electrons. The molecule has 0 aliphatic carbocycles. The molecular weight excluding hydrogens is 406 g/mol. The topological polar surface area (TPSA) is 83.3 Å². The fourth-order valence-corrected chi connectivity index (χ4v) is 3.44. The first-order valence-electron chi connectivity index (χ1n) is 10.4. The molecule has 0 bridgehead atoms. The second-order valence-electron chi connectivity index (χ2n) is 7.18. The Labute approximate surface area is 185 Å². The maximum absolute atomic E-state index is 12.7. The molecule has 0 saturated carbocycles. The van der Waals surface area contributed by atoms with Crippen LogP contribution in [-0.2, 0) is 15.9 Å². The van der Waals surface area contributed by atoms with Gasteiger partial charge in [0, 0.05) is 11.8 Å². The van der Waals surface area contributed by atoms with E-state index in [-0.39, 0.29) is 6.61 Å². The van der Waals surface area contributed by atoms with Crippen LogP contribution in [0.25, 0.3) is 28.0 Å². The molecule has 0 aliphatic rings. The van der Waals surface area contributed by atoms with Crippen LogP contribution < -0.4 is 0 Å². The normalized spacial score (nSPS) is 10.8. The van der Waals surface area contributed by atoms with Crippen LogP contribution in [0.15, 0.2) is 60.8 Å². The van der Waals surface area contributed by atoms with E-state index < -0.39 is 11.9 Å². The van der Waals surface area contributed by atoms with Gasteiger partial charge in [0.15, 0.2) is 5.65 Å². The molecule has 0 unspecified atom stereocenters. The summed E-state index contributed by atoms with van der Waals surface area (Å²) >= 11 is 0. The number of carbonyl (C=O) groups is 2. The Morgan fingerprint density at radius 3 is 2.31 bits per heavy atom. The van der Waals surface area contributed by atoms with Crippen molar-refractivity contribution < 1.29 is 19.1 Å². The molecule has 7 heteroatoms. The van der Waals surface area contributed by atoms with E-state index in [1.54, 1.807) is 48.1 Å². The number of aryl methyl sites for hydroxylation is 1. The van der Waals surface area contributed by atoms with Crippen molar-refractivity contribution in [3.63, 3.8) is 0 Å². The van der Waals surface area contributed by atoms with E-state index in [9.17, 15) is 9.59 Å². The lowest BCUT2D eigenvalue weighted by atomic mass is 10.1. The summed E-state index contributed by atoms with van der Waals surface area (Å²) in [6.45, 7) is 4.13. The third-order valence-electron chi connectivity index (χ3n) is 5.20. The lowest BCUT2D eigenvalue weighted by Crippen LogP contribution is -2.06. The quantitative estimate of drug-likeness (QED) is 0.416. The van der Waals surface area contributed by atoms with Gasteiger partial charge in [-0.05, 0) is 49.2 Å². The predicted molar refractivity (Wildman–Crippen MR) is 121 cm³/mol. The monoisotopic (exact) mass is 429 g/mol. The number of aromatic nitrogens is 3. The summed E-state index contributed by atoms with van der Waals surface area (Å²) in [5.41, 5.74) is 4.66. The third kappa shape index (κ3) is 4.09. The van der Waals surface area contributed by atoms with Gasteiger partial charge in [0.05, 0.1) is 41.6 Å². The first-order valence-corrected chi connectivity index (χ1v) is 10.4. The van der Waals surface area contributed by atoms with Crippen molar-refractivity contribution >= 4 is 23.0 Å². The van der Waals surface area contributed by atoms with E-state index >= 15 is 0 Å². The standard InChI is InChI=1S/C25H23N3O4/c1-4-16-6-12-19(13-7-16)28-15-21-20(25(30)32-5-2)14-22(26-23(21)27-28)17-8-10-18(11-9-17)24(29)31-3/h6-15H,4-5H2,1-3H3. The van der Waals surface area contributed by atoms with Crippen LogP contribution in [0.3, 0.4) is 0 Å². The summed E-state index contributed by atoms with van der Waals surface area (Å²) in [7, 11) is 1.34. The van der Waals surface area contributed by atoms with Crippen LogP contribution in [0.1, 0.15) is 40.1 Å². The molecule has 0 saturated heterocycles. The third-order valence-corrected chi connectivity index (χ3v) is 5.20. The van der Waals surface area contributed by atoms with Gasteiger partial charge >= 0.3 is 11.9 Å². The number of rotatable bonds is 6. The highest BCUT2D eigenvalue weighted by atomic mass is 16.5. The Balaban J connectivity index is 1.82. The molecule has 2 aromatic heterocycles. The Morgan fingerprint density at radius 2 is 1.69 bits per heavy atom. The highest BCUT2D eigenvalue weighted by Crippen LogP contribution is 2.26. The van der Waals surface area contributed by atoms with Crippen molar-refractivity contribution in [1.29, 1.82) is 0 Å². The van der Waals surface area contributed by atoms with Gasteiger partial charge in [-0.3, -0.25) is 0 Å². The number of ether oxygens (including phenoxy) is 2. The van der Waals surface area contributed by atoms with Crippen molar-refractivity contribution in [2.45, 2.75) is 20.3 Å². The largest absolute Gasteiger partial charge is 0.465 e. The minimum absolute atomic E-state index is 0.262. The molecule has 0 spiro atoms. The Hall–Kier alpha value is -4.00. The van der Waals surface area contributed by atoms with Gasteiger partial charge in [-0.25, -0.2) is 19.3 Å². The van der Waals surface area contributed by atoms with Gasteiger partial charge in [-0.1, -0.05) is 31.2 Å². The van der Waals surface area contributed by atoms with E-state index in [0.717, 1.165) is 17.7 Å². The second kappa shape index (κ2) is 9.01. The molecule has 4 aromatic rings. The number of carbonyl (C=O) groups excluding carboxylic acids is 2. The average Bonchev–Trinajstić information content (AvgIpc) is 3.27. The Morgan fingerprint density at radius 1 is 0.969 bits per heavy atom. The van der Waals surface area contributed by atoms with E-state index in [1.807, 2.05) is 12.1 Å². The molecule has 32 heavy (non-hydrogen) atoms. The fourth-order valence-electron chi connectivity index (χ4n) is 3.44. The molecule has 0 N–H and O–H groups in total. The summed E-state index contributed by atoms with van der Waals surface area (Å²) in [6, 6.07) is 16.6. The van der Waals surface area contributed by atoms with Crippen molar-refractivity contribution in [1.82, 2.24) is 14.8 Å². The average molecular weight is 429 g/mol. The van der Waals surface area contributed by atoms with E-state index in [2.05, 4.69) is 29.1 Å². The van der Waals surface area contributed by atoms with Crippen molar-refractivity contribution in [3.8, 4) is 16.9 Å². The smallest absolute Gasteiger partial charge is 0.339 e. The zero-order valence-electron chi connectivity index (χ0n) is 18.2. The number of benzene rings is 2. The second-order valence-corrected chi connectivity index (χ2v) is 7.18. The van der Waals surface area contributed by atoms with Gasteiger partial charge in [-0.15, -0.1) is 5.10 Å². The minimum Gasteiger partial charge on any atom is -0.465 e. The SMILES string of the molecule is CCOC(=O)c1cc(-c2ccc(C(=O)OC)cc2)nc2nn(-c3ccc(CC)cc3)cc12. The van der Waals surface area contributed by atoms with Crippen LogP contribution >= 0.6 is 0 Å². The Bertz CT molecular complexity index is 1280. The van der Waals surface area contributed by atoms with Gasteiger partial charge in [0.1, 0.15) is 0 Å². The highest BCUT2D eigenvalue weighted by Gasteiger charge is 2.18. The number of hydrogen-bond acceptors (Lipinski definition) is 6. The van der Waals surface area contributed by atoms with Gasteiger partial charge in [0.2, 0.25) is 0 Å². The van der Waals surface area contributed by atoms with Gasteiger partial charge < -0.3 is 9.47 Å². The van der Waals surface area contributed by atoms with E-state index in [4.69, 9.17) is 9.47 Å². The zero-order valence-corrected chi connectivity index (χ0v) is 18.2. The summed E-state index contributed by atoms with van der Waals surface area (Å²) in [5, 5.41) is 5.22. The summed E-state index contributed by atoms with van der Waals surface area (Å²) in [6.07, 6.45) is 2.74. The predicted octanol–water partition coefficient (Wildman–Crippen LogP) is 4.61. The summed E-state index contributed by atoms with van der Waals surface area (Å²) in [5.74, 6) is -0.853. The van der Waals surface area contributed by atoms with Crippen LogP contribution in [0.2, 0.25) is 0 Å². The number of esters is 2. The van der Waals surface area contributed by atoms with E-state index in [1.165, 1.54) is 12.7 Å². The van der Waals surface area contributed by atoms with Gasteiger partial charge in [-0.2, -0.15) is 0 Å². The molecule has 4 rings (SSSR count). The molecule has 0 amide bonds. The number of pyridine rings is 1. The fraction of sp³-hybridized carbons (Fsp3) is 0.200. The van der Waals surface area contributed by atoms with Crippen molar-refractivity contribution in [2.75, 3.05) is 13.7 Å². The zero-order chi connectivity index (χ0) is 22.7. The minimum atomic E-state index is -0.437. The first-order chi connectivity index (χ1) is 15.5. The number of hydrogen-bond donors (Lipinski definition) is 0. The van der Waals surface area contributed by atoms with E-state index in [0.29, 0.717) is 27.9 Å². The Kier molecular flexibility index (Phi) is 5.98. The summed E-state index contributed by atoms with van der Waals surface area (Å²) in [4.78, 5) is 29.1. The van der Waals surface area contributed by atoms with Crippen LogP contribution in [-0.4, -0.2) is 40.4 Å². The number of methoxy groups -OCH3 is 1. The highest BCUT2D eigenvalue weighted by molar-refractivity contribution is 6.03. The summed E-state index contributed by atoms with van der Waals surface area (Å²) < 4.78 is 11.7. The molecule has 7 nitrogen and oxygen atoms in total. The molecule has 0 atom stereocenters. The number of fused-ring (bicyclic) bond motifs is 1. The van der Waals surface area contributed by atoms with Crippen molar-refractivity contribution in [2.24, 2.45) is 0 Å². The lowest BCUT2D eigenvalue weighted by Gasteiger charge is -2.07. The van der Waals surface area contributed by atoms with Crippen molar-refractivity contribution in [3.05, 3.63) is 77.5 Å². The maximum Gasteiger partial charge on any atom is 0.339 e. The van der Waals surface area contributed by atoms with Gasteiger partial charge in [0.25, 0.3) is 0 Å². The molecule has 0 radical (unpaired) electrons. The maximum atomic E-state index is 12.7. The molecule has 0 fully saturated rings. The molecule has 0 aliphatic heterocycles.